The van der Waals surface area contributed by atoms with Crippen LogP contribution in [0.1, 0.15) is 70.7 Å². The summed E-state index contributed by atoms with van der Waals surface area (Å²) in [5.74, 6) is 1.74. The molecule has 2 amide bonds. The fourth-order valence-corrected chi connectivity index (χ4v) is 4.98. The van der Waals surface area contributed by atoms with Crippen molar-refractivity contribution < 1.29 is 28.6 Å². The molecule has 2 aromatic rings. The van der Waals surface area contributed by atoms with Crippen LogP contribution in [0, 0.1) is 0 Å². The van der Waals surface area contributed by atoms with Gasteiger partial charge in [0, 0.05) is 24.2 Å². The lowest BCUT2D eigenvalue weighted by Crippen LogP contribution is -2.45. The van der Waals surface area contributed by atoms with Crippen molar-refractivity contribution in [1.82, 2.24) is 10.2 Å². The first-order valence-corrected chi connectivity index (χ1v) is 12.5. The largest absolute Gasteiger partial charge is 0.483 e. The van der Waals surface area contributed by atoms with Crippen LogP contribution in [0.5, 0.6) is 0 Å². The third kappa shape index (κ3) is 6.87. The molecule has 36 heavy (non-hydrogen) atoms. The molecule has 0 radical (unpaired) electrons. The molecule has 0 spiro atoms. The van der Waals surface area contributed by atoms with Gasteiger partial charge in [-0.05, 0) is 89.0 Å². The quantitative estimate of drug-likeness (QED) is 0.560. The van der Waals surface area contributed by atoms with Crippen molar-refractivity contribution >= 4 is 24.2 Å². The van der Waals surface area contributed by atoms with Gasteiger partial charge in [-0.15, -0.1) is 0 Å². The van der Waals surface area contributed by atoms with Gasteiger partial charge in [-0.25, -0.2) is 4.79 Å². The molecule has 1 aromatic heterocycles. The van der Waals surface area contributed by atoms with Gasteiger partial charge < -0.3 is 24.5 Å². The van der Waals surface area contributed by atoms with Crippen LogP contribution < -0.4 is 10.2 Å². The van der Waals surface area contributed by atoms with Crippen LogP contribution in [-0.2, 0) is 20.9 Å². The van der Waals surface area contributed by atoms with E-state index in [1.807, 2.05) is 51.1 Å². The summed E-state index contributed by atoms with van der Waals surface area (Å²) in [6.07, 6.45) is 3.77. The Hall–Kier alpha value is -3.33. The van der Waals surface area contributed by atoms with Gasteiger partial charge in [0.25, 0.3) is 6.47 Å². The second kappa shape index (κ2) is 12.6. The van der Waals surface area contributed by atoms with Gasteiger partial charge in [0.05, 0.1) is 18.7 Å². The minimum atomic E-state index is -0.448. The molecule has 9 heteroatoms. The Morgan fingerprint density at radius 2 is 1.89 bits per heavy atom. The highest BCUT2D eigenvalue weighted by Crippen LogP contribution is 2.40. The number of hydrogen-bond acceptors (Lipinski definition) is 6. The van der Waals surface area contributed by atoms with Crippen LogP contribution in [0.25, 0.3) is 11.3 Å². The Bertz CT molecular complexity index is 1040. The van der Waals surface area contributed by atoms with E-state index in [1.165, 1.54) is 19.3 Å². The number of nitrogens with zero attached hydrogens (tertiary/aromatic N) is 2. The summed E-state index contributed by atoms with van der Waals surface area (Å²) in [6.45, 7) is 10.0. The summed E-state index contributed by atoms with van der Waals surface area (Å²) in [4.78, 5) is 37.3. The minimum Gasteiger partial charge on any atom is -0.483 e. The van der Waals surface area contributed by atoms with Crippen LogP contribution in [0.4, 0.5) is 10.5 Å². The first-order chi connectivity index (χ1) is 17.2. The molecule has 2 aliphatic rings. The molecular formula is C27H37N3O6. The van der Waals surface area contributed by atoms with E-state index in [0.29, 0.717) is 6.42 Å². The van der Waals surface area contributed by atoms with E-state index < -0.39 is 6.09 Å². The smallest absolute Gasteiger partial charge is 0.407 e. The van der Waals surface area contributed by atoms with Gasteiger partial charge in [0.15, 0.2) is 0 Å². The number of carbonyl (C=O) groups is 3. The zero-order chi connectivity index (χ0) is 26.2. The standard InChI is InChI=1S/C26H35N3O4.CH2O2/c1-17(2)32-26(31)27-23-14-18(3)29(19(4)30)24-10-8-20(15-22(23)24)25-11-9-21(33-25)16-28-12-6-5-7-13-28;2-1-3/h8-11,15,17-18,23H,5-7,12-14,16H2,1-4H3,(H,27,31);1H,(H,2,3)/t18-,23+;/m1./s1. The molecule has 2 aliphatic heterocycles. The van der Waals surface area contributed by atoms with E-state index in [9.17, 15) is 9.59 Å². The van der Waals surface area contributed by atoms with Crippen LogP contribution in [0.2, 0.25) is 0 Å². The highest BCUT2D eigenvalue weighted by Gasteiger charge is 2.34. The predicted molar refractivity (Wildman–Crippen MR) is 137 cm³/mol. The topological polar surface area (TPSA) is 112 Å². The molecule has 0 saturated carbocycles. The zero-order valence-corrected chi connectivity index (χ0v) is 21.5. The van der Waals surface area contributed by atoms with E-state index in [1.54, 1.807) is 11.8 Å². The van der Waals surface area contributed by atoms with Gasteiger partial charge in [-0.3, -0.25) is 14.5 Å². The second-order valence-electron chi connectivity index (χ2n) is 9.61. The number of carboxylic acid groups (broad SMARTS) is 1. The van der Waals surface area contributed by atoms with E-state index in [2.05, 4.69) is 10.2 Å². The van der Waals surface area contributed by atoms with Crippen molar-refractivity contribution in [3.05, 3.63) is 41.7 Å². The summed E-state index contributed by atoms with van der Waals surface area (Å²) in [7, 11) is 0. The van der Waals surface area contributed by atoms with Gasteiger partial charge >= 0.3 is 6.09 Å². The van der Waals surface area contributed by atoms with E-state index in [0.717, 1.165) is 48.0 Å². The number of likely N-dealkylation sites (tertiary alicyclic amines) is 1. The number of furan rings is 1. The summed E-state index contributed by atoms with van der Waals surface area (Å²) in [6, 6.07) is 9.73. The summed E-state index contributed by atoms with van der Waals surface area (Å²) >= 11 is 0. The first-order valence-electron chi connectivity index (χ1n) is 12.5. The van der Waals surface area contributed by atoms with Crippen LogP contribution in [-0.4, -0.2) is 53.7 Å². The van der Waals surface area contributed by atoms with Gasteiger partial charge in [-0.2, -0.15) is 0 Å². The fourth-order valence-electron chi connectivity index (χ4n) is 4.98. The third-order valence-electron chi connectivity index (χ3n) is 6.43. The maximum Gasteiger partial charge on any atom is 0.407 e. The number of carbonyl (C=O) groups excluding carboxylic acids is 2. The number of amides is 2. The van der Waals surface area contributed by atoms with Gasteiger partial charge in [0.2, 0.25) is 5.91 Å². The number of rotatable bonds is 5. The van der Waals surface area contributed by atoms with Crippen molar-refractivity contribution in [2.24, 2.45) is 0 Å². The van der Waals surface area contributed by atoms with Crippen molar-refractivity contribution in [2.45, 2.75) is 78.1 Å². The number of anilines is 1. The Kier molecular flexibility index (Phi) is 9.52. The lowest BCUT2D eigenvalue weighted by Gasteiger charge is -2.39. The lowest BCUT2D eigenvalue weighted by molar-refractivity contribution is -0.123. The third-order valence-corrected chi connectivity index (χ3v) is 6.43. The van der Waals surface area contributed by atoms with Crippen molar-refractivity contribution in [1.29, 1.82) is 0 Å². The highest BCUT2D eigenvalue weighted by atomic mass is 16.6. The molecular weight excluding hydrogens is 462 g/mol. The maximum atomic E-state index is 12.4. The number of piperidine rings is 1. The van der Waals surface area contributed by atoms with E-state index >= 15 is 0 Å². The second-order valence-corrected chi connectivity index (χ2v) is 9.61. The summed E-state index contributed by atoms with van der Waals surface area (Å²) in [5, 5.41) is 9.89. The summed E-state index contributed by atoms with van der Waals surface area (Å²) in [5.41, 5.74) is 2.65. The molecule has 4 rings (SSSR count). The average molecular weight is 500 g/mol. The Labute approximate surface area is 212 Å². The number of ether oxygens (including phenoxy) is 1. The minimum absolute atomic E-state index is 0.0125. The fraction of sp³-hybridized carbons (Fsp3) is 0.519. The van der Waals surface area contributed by atoms with Crippen LogP contribution >= 0.6 is 0 Å². The predicted octanol–water partition coefficient (Wildman–Crippen LogP) is 4.95. The molecule has 9 nitrogen and oxygen atoms in total. The number of fused-ring (bicyclic) bond motifs is 1. The molecule has 1 fully saturated rings. The van der Waals surface area contributed by atoms with Crippen LogP contribution in [0.15, 0.2) is 34.7 Å². The SMILES string of the molecule is CC(=O)N1c2ccc(-c3ccc(CN4CCCCC4)o3)cc2[C@@H](NC(=O)OC(C)C)C[C@H]1C.O=CO. The maximum absolute atomic E-state index is 12.4. The Morgan fingerprint density at radius 1 is 1.19 bits per heavy atom. The molecule has 1 aromatic carbocycles. The molecule has 1 saturated heterocycles. The first kappa shape index (κ1) is 27.3. The molecule has 3 heterocycles. The van der Waals surface area contributed by atoms with E-state index in [-0.39, 0.29) is 30.6 Å². The van der Waals surface area contributed by atoms with Gasteiger partial charge in [-0.1, -0.05) is 6.42 Å². The zero-order valence-electron chi connectivity index (χ0n) is 21.5. The van der Waals surface area contributed by atoms with Gasteiger partial charge in [0.1, 0.15) is 11.5 Å². The Balaban J connectivity index is 0.00000115. The number of alkyl carbamates (subject to hydrolysis) is 1. The normalized spacial score (nSPS) is 19.6. The number of benzene rings is 1. The van der Waals surface area contributed by atoms with Crippen molar-refractivity contribution in [2.75, 3.05) is 18.0 Å². The average Bonchev–Trinajstić information content (AvgIpc) is 3.27. The van der Waals surface area contributed by atoms with Crippen molar-refractivity contribution in [3.8, 4) is 11.3 Å². The molecule has 2 N–H and O–H groups in total. The molecule has 196 valence electrons. The van der Waals surface area contributed by atoms with E-state index in [4.69, 9.17) is 19.1 Å². The number of nitrogens with one attached hydrogen (secondary N) is 1. The molecule has 0 aliphatic carbocycles. The number of hydrogen-bond donors (Lipinski definition) is 2. The monoisotopic (exact) mass is 499 g/mol. The summed E-state index contributed by atoms with van der Waals surface area (Å²) < 4.78 is 11.5. The molecule has 0 bridgehead atoms. The Morgan fingerprint density at radius 3 is 2.53 bits per heavy atom. The molecule has 0 unspecified atom stereocenters. The van der Waals surface area contributed by atoms with Crippen molar-refractivity contribution in [3.63, 3.8) is 0 Å². The van der Waals surface area contributed by atoms with Crippen LogP contribution in [0.3, 0.4) is 0 Å². The highest BCUT2D eigenvalue weighted by molar-refractivity contribution is 5.94. The lowest BCUT2D eigenvalue weighted by atomic mass is 9.90. The molecule has 2 atom stereocenters.